The predicted octanol–water partition coefficient (Wildman–Crippen LogP) is 3.92. The normalized spacial score (nSPS) is 13.9. The first-order valence-electron chi connectivity index (χ1n) is 6.25. The summed E-state index contributed by atoms with van der Waals surface area (Å²) in [6.45, 7) is 6.85. The van der Waals surface area contributed by atoms with Gasteiger partial charge in [0.2, 0.25) is 0 Å². The molecule has 92 valence electrons. The summed E-state index contributed by atoms with van der Waals surface area (Å²) in [7, 11) is 0. The number of allylic oxidation sites excluding steroid dienone is 2. The van der Waals surface area contributed by atoms with Crippen LogP contribution in [0.1, 0.15) is 59.3 Å². The van der Waals surface area contributed by atoms with Crippen molar-refractivity contribution in [1.82, 2.24) is 0 Å². The van der Waals surface area contributed by atoms with E-state index in [2.05, 4.69) is 38.8 Å². The van der Waals surface area contributed by atoms with Crippen molar-refractivity contribution < 1.29 is 5.11 Å². The molecule has 0 spiro atoms. The van der Waals surface area contributed by atoms with Crippen molar-refractivity contribution in [3.05, 3.63) is 12.2 Å². The van der Waals surface area contributed by atoms with Crippen molar-refractivity contribution in [2.24, 2.45) is 5.41 Å². The summed E-state index contributed by atoms with van der Waals surface area (Å²) in [5.74, 6) is 2.31. The zero-order valence-corrected chi connectivity index (χ0v) is 11.0. The van der Waals surface area contributed by atoms with Crippen LogP contribution in [0, 0.1) is 17.8 Å². The third kappa shape index (κ3) is 11.3. The summed E-state index contributed by atoms with van der Waals surface area (Å²) in [5, 5.41) is 9.12. The van der Waals surface area contributed by atoms with Gasteiger partial charge in [-0.1, -0.05) is 45.3 Å². The van der Waals surface area contributed by atoms with Crippen LogP contribution in [0.4, 0.5) is 0 Å². The van der Waals surface area contributed by atoms with Gasteiger partial charge in [-0.05, 0) is 37.5 Å². The highest BCUT2D eigenvalue weighted by atomic mass is 16.3. The van der Waals surface area contributed by atoms with Crippen molar-refractivity contribution in [3.63, 3.8) is 0 Å². The Bertz CT molecular complexity index is 227. The lowest BCUT2D eigenvalue weighted by Gasteiger charge is -2.17. The second-order valence-electron chi connectivity index (χ2n) is 5.54. The molecule has 1 unspecified atom stereocenters. The van der Waals surface area contributed by atoms with E-state index in [1.807, 2.05) is 0 Å². The fraction of sp³-hybridized carbons (Fsp3) is 0.733. The van der Waals surface area contributed by atoms with Crippen LogP contribution in [-0.2, 0) is 0 Å². The maximum atomic E-state index is 9.12. The average Bonchev–Trinajstić information content (AvgIpc) is 2.20. The lowest BCUT2D eigenvalue weighted by molar-refractivity contribution is 0.223. The molecular weight excluding hydrogens is 196 g/mol. The quantitative estimate of drug-likeness (QED) is 0.393. The fourth-order valence-electron chi connectivity index (χ4n) is 1.49. The minimum atomic E-state index is -0.578. The maximum Gasteiger partial charge on any atom is 0.114 e. The van der Waals surface area contributed by atoms with Gasteiger partial charge in [0.25, 0.3) is 0 Å². The highest BCUT2D eigenvalue weighted by Gasteiger charge is 2.08. The summed E-state index contributed by atoms with van der Waals surface area (Å²) in [4.78, 5) is 0. The summed E-state index contributed by atoms with van der Waals surface area (Å²) in [6, 6.07) is 0. The second kappa shape index (κ2) is 8.42. The molecule has 0 rings (SSSR count). The molecule has 0 radical (unpaired) electrons. The van der Waals surface area contributed by atoms with E-state index in [0.717, 1.165) is 12.8 Å². The molecule has 16 heavy (non-hydrogen) atoms. The number of unbranched alkanes of at least 4 members (excludes halogenated alkanes) is 2. The van der Waals surface area contributed by atoms with Gasteiger partial charge in [-0.25, -0.2) is 0 Å². The number of aliphatic hydroxyl groups is 1. The number of terminal acetylenes is 1. The predicted molar refractivity (Wildman–Crippen MR) is 71.1 cm³/mol. The number of aliphatic hydroxyl groups excluding tert-OH is 1. The van der Waals surface area contributed by atoms with E-state index in [1.54, 1.807) is 0 Å². The lowest BCUT2D eigenvalue weighted by Crippen LogP contribution is -2.03. The molecule has 0 amide bonds. The van der Waals surface area contributed by atoms with Crippen LogP contribution in [0.25, 0.3) is 0 Å². The minimum absolute atomic E-state index is 0.459. The molecule has 0 saturated carbocycles. The van der Waals surface area contributed by atoms with Crippen LogP contribution in [0.15, 0.2) is 12.2 Å². The van der Waals surface area contributed by atoms with Crippen LogP contribution in [0.2, 0.25) is 0 Å². The molecule has 1 heteroatoms. The first kappa shape index (κ1) is 15.3. The molecule has 0 bridgehead atoms. The summed E-state index contributed by atoms with van der Waals surface area (Å²) < 4.78 is 0. The number of hydrogen-bond donors (Lipinski definition) is 1. The highest BCUT2D eigenvalue weighted by molar-refractivity contribution is 4.94. The van der Waals surface area contributed by atoms with Crippen LogP contribution >= 0.6 is 0 Å². The van der Waals surface area contributed by atoms with E-state index in [4.69, 9.17) is 11.5 Å². The van der Waals surface area contributed by atoms with Crippen LogP contribution in [0.5, 0.6) is 0 Å². The molecule has 0 heterocycles. The Hall–Kier alpha value is -0.740. The van der Waals surface area contributed by atoms with Gasteiger partial charge in [0.1, 0.15) is 6.10 Å². The van der Waals surface area contributed by atoms with Gasteiger partial charge in [0.15, 0.2) is 0 Å². The van der Waals surface area contributed by atoms with E-state index >= 15 is 0 Å². The molecule has 0 aromatic heterocycles. The van der Waals surface area contributed by atoms with E-state index in [0.29, 0.717) is 11.8 Å². The Morgan fingerprint density at radius 2 is 1.81 bits per heavy atom. The Labute approximate surface area is 101 Å². The van der Waals surface area contributed by atoms with Crippen molar-refractivity contribution in [3.8, 4) is 12.3 Å². The third-order valence-electron chi connectivity index (χ3n) is 2.51. The molecular formula is C15H26O. The Kier molecular flexibility index (Phi) is 8.03. The van der Waals surface area contributed by atoms with Gasteiger partial charge in [-0.2, -0.15) is 0 Å². The molecule has 0 aliphatic heterocycles. The summed E-state index contributed by atoms with van der Waals surface area (Å²) in [6.07, 6.45) is 15.3. The first-order valence-corrected chi connectivity index (χ1v) is 6.25. The van der Waals surface area contributed by atoms with Crippen molar-refractivity contribution in [2.45, 2.75) is 65.4 Å². The fourth-order valence-corrected chi connectivity index (χ4v) is 1.49. The monoisotopic (exact) mass is 222 g/mol. The zero-order valence-electron chi connectivity index (χ0n) is 11.0. The van der Waals surface area contributed by atoms with Gasteiger partial charge in [-0.3, -0.25) is 0 Å². The zero-order chi connectivity index (χ0) is 12.4. The molecule has 1 atom stereocenters. The van der Waals surface area contributed by atoms with E-state index < -0.39 is 6.10 Å². The molecule has 0 saturated heterocycles. The van der Waals surface area contributed by atoms with E-state index in [1.165, 1.54) is 19.3 Å². The van der Waals surface area contributed by atoms with Gasteiger partial charge >= 0.3 is 0 Å². The van der Waals surface area contributed by atoms with Crippen LogP contribution < -0.4 is 0 Å². The molecule has 1 nitrogen and oxygen atoms in total. The number of hydrogen-bond acceptors (Lipinski definition) is 1. The molecule has 0 fully saturated rings. The largest absolute Gasteiger partial charge is 0.380 e. The lowest BCUT2D eigenvalue weighted by atomic mass is 9.89. The van der Waals surface area contributed by atoms with Gasteiger partial charge in [-0.15, -0.1) is 6.42 Å². The van der Waals surface area contributed by atoms with Crippen LogP contribution in [0.3, 0.4) is 0 Å². The summed E-state index contributed by atoms with van der Waals surface area (Å²) in [5.41, 5.74) is 0.459. The van der Waals surface area contributed by atoms with Gasteiger partial charge in [0, 0.05) is 0 Å². The Morgan fingerprint density at radius 3 is 2.38 bits per heavy atom. The summed E-state index contributed by atoms with van der Waals surface area (Å²) >= 11 is 0. The van der Waals surface area contributed by atoms with Gasteiger partial charge in [0.05, 0.1) is 0 Å². The Morgan fingerprint density at radius 1 is 1.19 bits per heavy atom. The minimum Gasteiger partial charge on any atom is -0.380 e. The SMILES string of the molecule is C#CC(O)CCC=CCCCCC(C)(C)C. The van der Waals surface area contributed by atoms with Crippen molar-refractivity contribution in [2.75, 3.05) is 0 Å². The van der Waals surface area contributed by atoms with Gasteiger partial charge < -0.3 is 5.11 Å². The highest BCUT2D eigenvalue weighted by Crippen LogP contribution is 2.21. The first-order chi connectivity index (χ1) is 7.45. The number of rotatable bonds is 7. The molecule has 1 N–H and O–H groups in total. The Balaban J connectivity index is 3.33. The van der Waals surface area contributed by atoms with Crippen molar-refractivity contribution >= 4 is 0 Å². The average molecular weight is 222 g/mol. The smallest absolute Gasteiger partial charge is 0.114 e. The molecule has 0 aliphatic carbocycles. The standard InChI is InChI=1S/C15H26O/c1-5-14(16)12-10-8-6-7-9-11-13-15(2,3)4/h1,6,8,14,16H,7,9-13H2,2-4H3. The van der Waals surface area contributed by atoms with Crippen LogP contribution in [-0.4, -0.2) is 11.2 Å². The second-order valence-corrected chi connectivity index (χ2v) is 5.54. The third-order valence-corrected chi connectivity index (χ3v) is 2.51. The van der Waals surface area contributed by atoms with E-state index in [9.17, 15) is 0 Å². The maximum absolute atomic E-state index is 9.12. The van der Waals surface area contributed by atoms with Crippen molar-refractivity contribution in [1.29, 1.82) is 0 Å². The molecule has 0 aromatic carbocycles. The molecule has 0 aliphatic rings. The van der Waals surface area contributed by atoms with E-state index in [-0.39, 0.29) is 0 Å². The topological polar surface area (TPSA) is 20.2 Å². The molecule has 0 aromatic rings.